The van der Waals surface area contributed by atoms with Crippen molar-refractivity contribution < 1.29 is 4.79 Å². The fraction of sp³-hybridized carbons (Fsp3) is 0.444. The summed E-state index contributed by atoms with van der Waals surface area (Å²) in [6.07, 6.45) is 1.82. The van der Waals surface area contributed by atoms with Crippen molar-refractivity contribution in [2.75, 3.05) is 13.1 Å². The van der Waals surface area contributed by atoms with E-state index in [0.717, 1.165) is 25.9 Å². The van der Waals surface area contributed by atoms with Crippen LogP contribution in [-0.2, 0) is 4.79 Å². The maximum Gasteiger partial charge on any atom is 0.299 e. The minimum atomic E-state index is -0.0978. The van der Waals surface area contributed by atoms with Crippen LogP contribution in [0.4, 0.5) is 0 Å². The van der Waals surface area contributed by atoms with Gasteiger partial charge in [0.2, 0.25) is 0 Å². The van der Waals surface area contributed by atoms with E-state index in [2.05, 4.69) is 33.3 Å². The Balaban J connectivity index is 2.48. The lowest BCUT2D eigenvalue weighted by molar-refractivity contribution is -0.125. The molecule has 0 bridgehead atoms. The van der Waals surface area contributed by atoms with Crippen LogP contribution in [0.25, 0.3) is 0 Å². The van der Waals surface area contributed by atoms with Crippen LogP contribution < -0.4 is 0 Å². The van der Waals surface area contributed by atoms with Crippen LogP contribution in [0.3, 0.4) is 0 Å². The van der Waals surface area contributed by atoms with Gasteiger partial charge in [-0.2, -0.15) is 0 Å². The van der Waals surface area contributed by atoms with Gasteiger partial charge in [-0.3, -0.25) is 4.79 Å². The molecule has 1 aliphatic rings. The van der Waals surface area contributed by atoms with Crippen LogP contribution in [0, 0.1) is 10.8 Å². The van der Waals surface area contributed by atoms with Crippen molar-refractivity contribution in [3.63, 3.8) is 0 Å². The number of hydrogen-bond acceptors (Lipinski definition) is 1. The zero-order chi connectivity index (χ0) is 8.97. The fourth-order valence-corrected chi connectivity index (χ4v) is 1.32. The molecule has 0 N–H and O–H groups in total. The van der Waals surface area contributed by atoms with Gasteiger partial charge in [-0.25, -0.2) is 0 Å². The summed E-state index contributed by atoms with van der Waals surface area (Å²) in [6.45, 7) is 5.40. The molecule has 2 nitrogen and oxygen atoms in total. The first-order chi connectivity index (χ1) is 5.74. The highest BCUT2D eigenvalue weighted by Crippen LogP contribution is 2.13. The van der Waals surface area contributed by atoms with Gasteiger partial charge in [0.25, 0.3) is 5.91 Å². The average Bonchev–Trinajstić information content (AvgIpc) is 2.06. The molecule has 1 rings (SSSR count). The number of carbonyl (C=O) groups excluding carboxylic acids is 1. The van der Waals surface area contributed by atoms with E-state index < -0.39 is 0 Å². The number of amides is 1. The maximum absolute atomic E-state index is 11.2. The number of halogens is 1. The number of nitrogens with zero attached hydrogens (tertiary/aromatic N) is 1. The monoisotopic (exact) mass is 227 g/mol. The van der Waals surface area contributed by atoms with E-state index >= 15 is 0 Å². The van der Waals surface area contributed by atoms with Gasteiger partial charge in [0.15, 0.2) is 0 Å². The number of rotatable bonds is 0. The molecule has 0 aromatic heterocycles. The molecule has 0 unspecified atom stereocenters. The molecule has 0 aromatic rings. The molecule has 0 saturated carbocycles. The molecule has 1 amide bonds. The summed E-state index contributed by atoms with van der Waals surface area (Å²) in [4.78, 5) is 15.4. The minimum absolute atomic E-state index is 0.0978. The molecule has 3 heteroatoms. The standard InChI is InChI=1S/C9H10BrNO/c1-8-3-6-11(7-4-8)9(12)2-5-10/h1,3-4,6-7H2. The van der Waals surface area contributed by atoms with E-state index in [1.165, 1.54) is 5.57 Å². The topological polar surface area (TPSA) is 20.3 Å². The van der Waals surface area contributed by atoms with E-state index in [-0.39, 0.29) is 5.91 Å². The van der Waals surface area contributed by atoms with E-state index in [4.69, 9.17) is 0 Å². The first-order valence-electron chi connectivity index (χ1n) is 3.81. The average molecular weight is 228 g/mol. The molecule has 64 valence electrons. The lowest BCUT2D eigenvalue weighted by Crippen LogP contribution is -2.35. The smallest absolute Gasteiger partial charge is 0.299 e. The van der Waals surface area contributed by atoms with Crippen molar-refractivity contribution in [2.45, 2.75) is 12.8 Å². The van der Waals surface area contributed by atoms with Crippen LogP contribution in [0.15, 0.2) is 12.2 Å². The third-order valence-electron chi connectivity index (χ3n) is 1.91. The molecule has 1 heterocycles. The molecule has 1 fully saturated rings. The van der Waals surface area contributed by atoms with Gasteiger partial charge >= 0.3 is 0 Å². The summed E-state index contributed by atoms with van der Waals surface area (Å²) in [6, 6.07) is 0. The van der Waals surface area contributed by atoms with Crippen LogP contribution >= 0.6 is 15.9 Å². The Hall–Kier alpha value is -0.750. The molecule has 0 spiro atoms. The van der Waals surface area contributed by atoms with Gasteiger partial charge in [0.1, 0.15) is 0 Å². The van der Waals surface area contributed by atoms with Crippen LogP contribution in [0.5, 0.6) is 0 Å². The van der Waals surface area contributed by atoms with Gasteiger partial charge in [-0.05, 0) is 17.7 Å². The predicted molar refractivity (Wildman–Crippen MR) is 51.7 cm³/mol. The maximum atomic E-state index is 11.2. The molecular formula is C9H10BrNO. The van der Waals surface area contributed by atoms with Gasteiger partial charge in [-0.1, -0.05) is 12.2 Å². The van der Waals surface area contributed by atoms with Crippen LogP contribution in [0.1, 0.15) is 12.8 Å². The Labute approximate surface area is 80.8 Å². The van der Waals surface area contributed by atoms with Gasteiger partial charge in [0, 0.05) is 34.9 Å². The predicted octanol–water partition coefficient (Wildman–Crippen LogP) is 1.52. The summed E-state index contributed by atoms with van der Waals surface area (Å²) in [5.74, 6) is 2.36. The highest BCUT2D eigenvalue weighted by atomic mass is 79.9. The largest absolute Gasteiger partial charge is 0.331 e. The van der Waals surface area contributed by atoms with Gasteiger partial charge < -0.3 is 4.90 Å². The lowest BCUT2D eigenvalue weighted by Gasteiger charge is -2.25. The van der Waals surface area contributed by atoms with E-state index in [0.29, 0.717) is 0 Å². The fourth-order valence-electron chi connectivity index (χ4n) is 1.15. The summed E-state index contributed by atoms with van der Waals surface area (Å²) in [5.41, 5.74) is 1.23. The quantitative estimate of drug-likeness (QED) is 0.454. The van der Waals surface area contributed by atoms with Crippen molar-refractivity contribution in [1.29, 1.82) is 0 Å². The van der Waals surface area contributed by atoms with Crippen LogP contribution in [-0.4, -0.2) is 23.9 Å². The van der Waals surface area contributed by atoms with Crippen molar-refractivity contribution in [1.82, 2.24) is 4.90 Å². The first kappa shape index (κ1) is 9.34. The number of likely N-dealkylation sites (tertiary alicyclic amines) is 1. The molecule has 0 aliphatic carbocycles. The summed E-state index contributed by atoms with van der Waals surface area (Å²) in [7, 11) is 0. The SMILES string of the molecule is C=C1CCN(C(=O)C#CBr)CC1. The summed E-state index contributed by atoms with van der Waals surface area (Å²) < 4.78 is 0. The Morgan fingerprint density at radius 3 is 2.58 bits per heavy atom. The Kier molecular flexibility index (Phi) is 3.36. The number of hydrogen-bond donors (Lipinski definition) is 0. The molecule has 0 radical (unpaired) electrons. The van der Waals surface area contributed by atoms with Crippen LogP contribution in [0.2, 0.25) is 0 Å². The second-order valence-electron chi connectivity index (χ2n) is 2.76. The lowest BCUT2D eigenvalue weighted by atomic mass is 10.1. The zero-order valence-corrected chi connectivity index (χ0v) is 8.35. The van der Waals surface area contributed by atoms with Crippen molar-refractivity contribution in [2.24, 2.45) is 0 Å². The Morgan fingerprint density at radius 2 is 2.08 bits per heavy atom. The Morgan fingerprint density at radius 1 is 1.50 bits per heavy atom. The zero-order valence-electron chi connectivity index (χ0n) is 6.77. The minimum Gasteiger partial charge on any atom is -0.331 e. The highest BCUT2D eigenvalue weighted by Gasteiger charge is 2.15. The summed E-state index contributed by atoms with van der Waals surface area (Å²) in [5, 5.41) is 0. The second-order valence-corrected chi connectivity index (χ2v) is 3.16. The number of carbonyl (C=O) groups is 1. The summed E-state index contributed by atoms with van der Waals surface area (Å²) >= 11 is 2.90. The number of piperidine rings is 1. The van der Waals surface area contributed by atoms with Gasteiger partial charge in [0.05, 0.1) is 0 Å². The first-order valence-corrected chi connectivity index (χ1v) is 4.60. The van der Waals surface area contributed by atoms with E-state index in [9.17, 15) is 4.79 Å². The molecule has 1 saturated heterocycles. The highest BCUT2D eigenvalue weighted by molar-refractivity contribution is 9.12. The normalized spacial score (nSPS) is 16.8. The van der Waals surface area contributed by atoms with E-state index in [1.807, 2.05) is 0 Å². The molecule has 0 atom stereocenters. The molecule has 12 heavy (non-hydrogen) atoms. The van der Waals surface area contributed by atoms with Crippen molar-refractivity contribution in [3.8, 4) is 10.8 Å². The van der Waals surface area contributed by atoms with Gasteiger partial charge in [-0.15, -0.1) is 0 Å². The molecule has 1 aliphatic heterocycles. The third-order valence-corrected chi connectivity index (χ3v) is 2.11. The van der Waals surface area contributed by atoms with E-state index in [1.54, 1.807) is 4.90 Å². The third kappa shape index (κ3) is 2.38. The van der Waals surface area contributed by atoms with Crippen molar-refractivity contribution in [3.05, 3.63) is 12.2 Å². The Bertz CT molecular complexity index is 251. The molecule has 0 aromatic carbocycles. The second kappa shape index (κ2) is 4.32. The molecular weight excluding hydrogens is 218 g/mol. The van der Waals surface area contributed by atoms with Crippen molar-refractivity contribution >= 4 is 21.8 Å².